The largest absolute Gasteiger partial charge is 0.393 e. The van der Waals surface area contributed by atoms with Crippen molar-refractivity contribution in [1.82, 2.24) is 4.90 Å². The molecule has 0 spiro atoms. The lowest BCUT2D eigenvalue weighted by Gasteiger charge is -2.15. The van der Waals surface area contributed by atoms with Crippen LogP contribution in [-0.2, 0) is 0 Å². The summed E-state index contributed by atoms with van der Waals surface area (Å²) in [5.41, 5.74) is 5.42. The standard InChI is InChI=1S/C8H14N2S/c9-8(11)1-2-10-4-6-3-7(6)5-10/h6-7H,1-5H2,(H2,9,11). The van der Waals surface area contributed by atoms with Crippen LogP contribution in [-0.4, -0.2) is 29.5 Å². The molecule has 2 unspecified atom stereocenters. The zero-order valence-electron chi connectivity index (χ0n) is 6.62. The number of fused-ring (bicyclic) bond motifs is 1. The molecule has 11 heavy (non-hydrogen) atoms. The number of nitrogens with two attached hydrogens (primary N) is 1. The lowest BCUT2D eigenvalue weighted by Crippen LogP contribution is -2.26. The van der Waals surface area contributed by atoms with Gasteiger partial charge in [-0.3, -0.25) is 0 Å². The molecule has 3 heteroatoms. The van der Waals surface area contributed by atoms with Crippen LogP contribution in [0.4, 0.5) is 0 Å². The van der Waals surface area contributed by atoms with E-state index in [2.05, 4.69) is 4.90 Å². The Balaban J connectivity index is 1.68. The molecule has 2 nitrogen and oxygen atoms in total. The van der Waals surface area contributed by atoms with Gasteiger partial charge in [-0.25, -0.2) is 0 Å². The summed E-state index contributed by atoms with van der Waals surface area (Å²) in [5.74, 6) is 2.06. The predicted molar refractivity (Wildman–Crippen MR) is 49.4 cm³/mol. The van der Waals surface area contributed by atoms with Crippen molar-refractivity contribution in [3.63, 3.8) is 0 Å². The summed E-state index contributed by atoms with van der Waals surface area (Å²) in [6.45, 7) is 3.68. The van der Waals surface area contributed by atoms with E-state index < -0.39 is 0 Å². The Morgan fingerprint density at radius 1 is 1.45 bits per heavy atom. The fourth-order valence-corrected chi connectivity index (χ4v) is 2.04. The van der Waals surface area contributed by atoms with Crippen molar-refractivity contribution in [1.29, 1.82) is 0 Å². The Bertz CT molecular complexity index is 171. The first-order valence-electron chi connectivity index (χ1n) is 4.26. The Kier molecular flexibility index (Phi) is 1.85. The topological polar surface area (TPSA) is 29.3 Å². The van der Waals surface area contributed by atoms with Gasteiger partial charge in [0.25, 0.3) is 0 Å². The van der Waals surface area contributed by atoms with E-state index in [1.54, 1.807) is 0 Å². The Hall–Kier alpha value is -0.150. The van der Waals surface area contributed by atoms with Crippen molar-refractivity contribution in [2.75, 3.05) is 19.6 Å². The average molecular weight is 170 g/mol. The van der Waals surface area contributed by atoms with Crippen molar-refractivity contribution in [3.8, 4) is 0 Å². The van der Waals surface area contributed by atoms with E-state index in [1.807, 2.05) is 0 Å². The minimum absolute atomic E-state index is 0.658. The van der Waals surface area contributed by atoms with E-state index in [9.17, 15) is 0 Å². The highest BCUT2D eigenvalue weighted by atomic mass is 32.1. The summed E-state index contributed by atoms with van der Waals surface area (Å²) in [5, 5.41) is 0. The van der Waals surface area contributed by atoms with E-state index in [0.29, 0.717) is 4.99 Å². The Morgan fingerprint density at radius 2 is 2.09 bits per heavy atom. The van der Waals surface area contributed by atoms with Gasteiger partial charge in [-0.2, -0.15) is 0 Å². The van der Waals surface area contributed by atoms with Gasteiger partial charge in [0.1, 0.15) is 0 Å². The molecule has 2 rings (SSSR count). The molecule has 1 aliphatic carbocycles. The molecule has 0 aromatic carbocycles. The van der Waals surface area contributed by atoms with E-state index >= 15 is 0 Å². The number of hydrogen-bond donors (Lipinski definition) is 1. The minimum atomic E-state index is 0.658. The summed E-state index contributed by atoms with van der Waals surface area (Å²) in [4.78, 5) is 3.14. The van der Waals surface area contributed by atoms with Crippen LogP contribution in [0.2, 0.25) is 0 Å². The quantitative estimate of drug-likeness (QED) is 0.629. The molecule has 2 fully saturated rings. The molecule has 0 bridgehead atoms. The summed E-state index contributed by atoms with van der Waals surface area (Å²) in [6.07, 6.45) is 2.37. The average Bonchev–Trinajstić information content (AvgIpc) is 2.56. The van der Waals surface area contributed by atoms with E-state index in [4.69, 9.17) is 18.0 Å². The summed E-state index contributed by atoms with van der Waals surface area (Å²) < 4.78 is 0. The summed E-state index contributed by atoms with van der Waals surface area (Å²) in [6, 6.07) is 0. The molecule has 1 heterocycles. The van der Waals surface area contributed by atoms with Crippen molar-refractivity contribution >= 4 is 17.2 Å². The fraction of sp³-hybridized carbons (Fsp3) is 0.875. The van der Waals surface area contributed by atoms with Gasteiger partial charge >= 0.3 is 0 Å². The maximum Gasteiger partial charge on any atom is 0.0740 e. The molecule has 2 N–H and O–H groups in total. The number of piperidine rings is 1. The number of hydrogen-bond acceptors (Lipinski definition) is 2. The molecule has 1 saturated carbocycles. The lowest BCUT2D eigenvalue weighted by molar-refractivity contribution is 0.314. The SMILES string of the molecule is NC(=S)CCN1CC2CC2C1. The van der Waals surface area contributed by atoms with E-state index in [-0.39, 0.29) is 0 Å². The minimum Gasteiger partial charge on any atom is -0.393 e. The Morgan fingerprint density at radius 3 is 2.64 bits per heavy atom. The predicted octanol–water partition coefficient (Wildman–Crippen LogP) is 0.614. The number of rotatable bonds is 3. The van der Waals surface area contributed by atoms with Gasteiger partial charge in [0.05, 0.1) is 4.99 Å². The molecule has 0 aromatic rings. The van der Waals surface area contributed by atoms with Gasteiger partial charge in [0.15, 0.2) is 0 Å². The zero-order valence-corrected chi connectivity index (χ0v) is 7.44. The Labute approximate surface area is 72.7 Å². The maximum atomic E-state index is 5.42. The number of likely N-dealkylation sites (tertiary alicyclic amines) is 1. The van der Waals surface area contributed by atoms with Gasteiger partial charge < -0.3 is 10.6 Å². The number of nitrogens with zero attached hydrogens (tertiary/aromatic N) is 1. The van der Waals surface area contributed by atoms with Crippen molar-refractivity contribution in [3.05, 3.63) is 0 Å². The third-order valence-corrected chi connectivity index (χ3v) is 2.93. The van der Waals surface area contributed by atoms with E-state index in [0.717, 1.165) is 24.8 Å². The fourth-order valence-electron chi connectivity index (χ4n) is 1.95. The highest BCUT2D eigenvalue weighted by molar-refractivity contribution is 7.80. The second-order valence-corrected chi connectivity index (χ2v) is 4.26. The second-order valence-electron chi connectivity index (χ2n) is 3.73. The summed E-state index contributed by atoms with van der Waals surface area (Å²) >= 11 is 4.82. The van der Waals surface area contributed by atoms with Crippen LogP contribution < -0.4 is 5.73 Å². The van der Waals surface area contributed by atoms with Crippen molar-refractivity contribution in [2.24, 2.45) is 17.6 Å². The monoisotopic (exact) mass is 170 g/mol. The van der Waals surface area contributed by atoms with Crippen LogP contribution in [0.5, 0.6) is 0 Å². The van der Waals surface area contributed by atoms with Crippen LogP contribution in [0.1, 0.15) is 12.8 Å². The maximum absolute atomic E-state index is 5.42. The van der Waals surface area contributed by atoms with Gasteiger partial charge in [-0.15, -0.1) is 0 Å². The first-order chi connectivity index (χ1) is 5.25. The van der Waals surface area contributed by atoms with Crippen LogP contribution in [0.3, 0.4) is 0 Å². The van der Waals surface area contributed by atoms with Crippen LogP contribution in [0.15, 0.2) is 0 Å². The molecule has 0 aromatic heterocycles. The highest BCUT2D eigenvalue weighted by Crippen LogP contribution is 2.44. The third kappa shape index (κ3) is 1.71. The number of thiocarbonyl (C=S) groups is 1. The second kappa shape index (κ2) is 2.72. The smallest absolute Gasteiger partial charge is 0.0740 e. The normalized spacial score (nSPS) is 35.3. The highest BCUT2D eigenvalue weighted by Gasteiger charge is 2.44. The molecular formula is C8H14N2S. The van der Waals surface area contributed by atoms with Crippen molar-refractivity contribution in [2.45, 2.75) is 12.8 Å². The molecule has 62 valence electrons. The van der Waals surface area contributed by atoms with Crippen LogP contribution in [0.25, 0.3) is 0 Å². The van der Waals surface area contributed by atoms with Crippen LogP contribution >= 0.6 is 12.2 Å². The first kappa shape index (κ1) is 7.50. The molecule has 2 atom stereocenters. The first-order valence-corrected chi connectivity index (χ1v) is 4.67. The van der Waals surface area contributed by atoms with Gasteiger partial charge in [-0.1, -0.05) is 12.2 Å². The molecular weight excluding hydrogens is 156 g/mol. The van der Waals surface area contributed by atoms with E-state index in [1.165, 1.54) is 19.5 Å². The van der Waals surface area contributed by atoms with Gasteiger partial charge in [0.2, 0.25) is 0 Å². The third-order valence-electron chi connectivity index (χ3n) is 2.73. The molecule has 0 amide bonds. The summed E-state index contributed by atoms with van der Waals surface area (Å²) in [7, 11) is 0. The van der Waals surface area contributed by atoms with Gasteiger partial charge in [0, 0.05) is 26.1 Å². The molecule has 0 radical (unpaired) electrons. The van der Waals surface area contributed by atoms with Crippen molar-refractivity contribution < 1.29 is 0 Å². The lowest BCUT2D eigenvalue weighted by atomic mass is 10.3. The molecule has 1 saturated heterocycles. The zero-order chi connectivity index (χ0) is 7.84. The van der Waals surface area contributed by atoms with Gasteiger partial charge in [-0.05, 0) is 18.3 Å². The van der Waals surface area contributed by atoms with Crippen LogP contribution in [0, 0.1) is 11.8 Å². The molecule has 1 aliphatic heterocycles. The molecule has 2 aliphatic rings.